The van der Waals surface area contributed by atoms with Gasteiger partial charge in [-0.15, -0.1) is 0 Å². The predicted molar refractivity (Wildman–Crippen MR) is 89.2 cm³/mol. The summed E-state index contributed by atoms with van der Waals surface area (Å²) < 4.78 is 38.1. The number of carboxylic acid groups (broad SMARTS) is 2. The van der Waals surface area contributed by atoms with E-state index in [1.54, 1.807) is 6.07 Å². The summed E-state index contributed by atoms with van der Waals surface area (Å²) in [6.45, 7) is 3.30. The van der Waals surface area contributed by atoms with Crippen molar-refractivity contribution >= 4 is 23.5 Å². The number of halogens is 3. The molecule has 8 nitrogen and oxygen atoms in total. The van der Waals surface area contributed by atoms with E-state index in [2.05, 4.69) is 4.90 Å². The molecule has 1 fully saturated rings. The van der Waals surface area contributed by atoms with E-state index in [-0.39, 0.29) is 5.91 Å². The fourth-order valence-electron chi connectivity index (χ4n) is 2.38. The molecule has 0 atom stereocenters. The summed E-state index contributed by atoms with van der Waals surface area (Å²) in [5, 5.41) is 14.8. The third kappa shape index (κ3) is 7.94. The molecule has 2 rings (SSSR count). The minimum Gasteiger partial charge on any atom is -0.473 e. The van der Waals surface area contributed by atoms with Crippen molar-refractivity contribution in [1.82, 2.24) is 4.90 Å². The van der Waals surface area contributed by atoms with Gasteiger partial charge < -0.3 is 20.8 Å². The number of carboxylic acids is 2. The first-order chi connectivity index (χ1) is 12.5. The van der Waals surface area contributed by atoms with Gasteiger partial charge in [-0.3, -0.25) is 9.69 Å². The molecule has 1 aliphatic heterocycles. The van der Waals surface area contributed by atoms with E-state index in [1.807, 2.05) is 4.90 Å². The Kier molecular flexibility index (Phi) is 8.03. The van der Waals surface area contributed by atoms with Gasteiger partial charge in [-0.2, -0.15) is 13.2 Å². The number of benzene rings is 1. The number of nitrogens with two attached hydrogens (primary N) is 1. The van der Waals surface area contributed by atoms with E-state index < -0.39 is 23.7 Å². The number of alkyl halides is 3. The zero-order valence-electron chi connectivity index (χ0n) is 14.3. The summed E-state index contributed by atoms with van der Waals surface area (Å²) in [6.07, 6.45) is -4.01. The van der Waals surface area contributed by atoms with Crippen LogP contribution in [0.25, 0.3) is 0 Å². The second-order valence-electron chi connectivity index (χ2n) is 5.70. The summed E-state index contributed by atoms with van der Waals surface area (Å²) in [5.74, 6) is -3.99. The second-order valence-corrected chi connectivity index (χ2v) is 5.70. The summed E-state index contributed by atoms with van der Waals surface area (Å²) >= 11 is 0. The van der Waals surface area contributed by atoms with Crippen molar-refractivity contribution in [2.45, 2.75) is 12.6 Å². The molecule has 1 aliphatic rings. The van der Waals surface area contributed by atoms with Crippen molar-refractivity contribution in [3.63, 3.8) is 0 Å². The third-order valence-electron chi connectivity index (χ3n) is 3.77. The first-order valence-corrected chi connectivity index (χ1v) is 7.89. The van der Waals surface area contributed by atoms with Crippen LogP contribution in [0.2, 0.25) is 0 Å². The predicted octanol–water partition coefficient (Wildman–Crippen LogP) is 0.858. The van der Waals surface area contributed by atoms with E-state index in [0.717, 1.165) is 6.07 Å². The molecule has 4 N–H and O–H groups in total. The quantitative estimate of drug-likeness (QED) is 0.650. The SMILES string of the molecule is NC(=O)CCN1CCN(c2cccc(C(F)(F)F)c2)CC1.O=C(O)C(=O)O. The largest absolute Gasteiger partial charge is 0.473 e. The van der Waals surface area contributed by atoms with Crippen molar-refractivity contribution in [2.75, 3.05) is 37.6 Å². The highest BCUT2D eigenvalue weighted by molar-refractivity contribution is 6.27. The van der Waals surface area contributed by atoms with Crippen LogP contribution in [0.4, 0.5) is 18.9 Å². The van der Waals surface area contributed by atoms with E-state index in [1.165, 1.54) is 12.1 Å². The maximum absolute atomic E-state index is 12.7. The zero-order valence-corrected chi connectivity index (χ0v) is 14.3. The standard InChI is InChI=1S/C14H18F3N3O.C2H2O4/c15-14(16,17)11-2-1-3-12(10-11)20-8-6-19(7-9-20)5-4-13(18)21;3-1(4)2(5)6/h1-3,10H,4-9H2,(H2,18,21);(H,3,4)(H,5,6). The molecule has 150 valence electrons. The zero-order chi connectivity index (χ0) is 20.6. The van der Waals surface area contributed by atoms with Crippen LogP contribution >= 0.6 is 0 Å². The lowest BCUT2D eigenvalue weighted by Crippen LogP contribution is -2.47. The molecule has 0 spiro atoms. The highest BCUT2D eigenvalue weighted by Gasteiger charge is 2.31. The number of amides is 1. The molecule has 0 aliphatic carbocycles. The third-order valence-corrected chi connectivity index (χ3v) is 3.77. The Hall–Kier alpha value is -2.82. The summed E-state index contributed by atoms with van der Waals surface area (Å²) in [6, 6.07) is 5.37. The maximum Gasteiger partial charge on any atom is 0.416 e. The Bertz CT molecular complexity index is 662. The number of piperazine rings is 1. The number of carbonyl (C=O) groups is 3. The Morgan fingerprint density at radius 1 is 1.04 bits per heavy atom. The van der Waals surface area contributed by atoms with Crippen molar-refractivity contribution in [3.05, 3.63) is 29.8 Å². The van der Waals surface area contributed by atoms with Crippen molar-refractivity contribution in [2.24, 2.45) is 5.73 Å². The Morgan fingerprint density at radius 2 is 1.59 bits per heavy atom. The van der Waals surface area contributed by atoms with Crippen LogP contribution in [-0.4, -0.2) is 65.7 Å². The number of nitrogens with zero attached hydrogens (tertiary/aromatic N) is 2. The van der Waals surface area contributed by atoms with Crippen LogP contribution in [0.1, 0.15) is 12.0 Å². The average molecular weight is 391 g/mol. The van der Waals surface area contributed by atoms with Crippen molar-refractivity contribution < 1.29 is 37.8 Å². The van der Waals surface area contributed by atoms with Gasteiger partial charge in [0.1, 0.15) is 0 Å². The van der Waals surface area contributed by atoms with Crippen LogP contribution < -0.4 is 10.6 Å². The smallest absolute Gasteiger partial charge is 0.416 e. The maximum atomic E-state index is 12.7. The highest BCUT2D eigenvalue weighted by atomic mass is 19.4. The second kappa shape index (κ2) is 9.76. The first-order valence-electron chi connectivity index (χ1n) is 7.89. The molecule has 1 saturated heterocycles. The lowest BCUT2D eigenvalue weighted by atomic mass is 10.1. The van der Waals surface area contributed by atoms with E-state index in [4.69, 9.17) is 25.5 Å². The van der Waals surface area contributed by atoms with Gasteiger partial charge >= 0.3 is 18.1 Å². The van der Waals surface area contributed by atoms with Crippen LogP contribution in [-0.2, 0) is 20.6 Å². The number of carbonyl (C=O) groups excluding carboxylic acids is 1. The topological polar surface area (TPSA) is 124 Å². The fraction of sp³-hybridized carbons (Fsp3) is 0.438. The normalized spacial score (nSPS) is 14.9. The molecule has 0 unspecified atom stereocenters. The number of rotatable bonds is 4. The van der Waals surface area contributed by atoms with Crippen LogP contribution in [0, 0.1) is 0 Å². The minimum atomic E-state index is -4.32. The van der Waals surface area contributed by atoms with Gasteiger partial charge in [-0.25, -0.2) is 9.59 Å². The Morgan fingerprint density at radius 3 is 2.04 bits per heavy atom. The Balaban J connectivity index is 0.000000527. The van der Waals surface area contributed by atoms with E-state index >= 15 is 0 Å². The molecule has 11 heteroatoms. The highest BCUT2D eigenvalue weighted by Crippen LogP contribution is 2.31. The molecule has 0 bridgehead atoms. The van der Waals surface area contributed by atoms with Gasteiger partial charge in [-0.1, -0.05) is 6.07 Å². The van der Waals surface area contributed by atoms with Gasteiger partial charge in [0.2, 0.25) is 5.91 Å². The van der Waals surface area contributed by atoms with Gasteiger partial charge in [0, 0.05) is 44.8 Å². The number of primary amides is 1. The Labute approximate surface area is 153 Å². The van der Waals surface area contributed by atoms with Crippen LogP contribution in [0.15, 0.2) is 24.3 Å². The molecule has 0 saturated carbocycles. The first kappa shape index (κ1) is 22.2. The summed E-state index contributed by atoms with van der Waals surface area (Å²) in [7, 11) is 0. The van der Waals surface area contributed by atoms with E-state index in [0.29, 0.717) is 44.8 Å². The number of hydrogen-bond donors (Lipinski definition) is 3. The van der Waals surface area contributed by atoms with Crippen molar-refractivity contribution in [3.8, 4) is 0 Å². The number of hydrogen-bond acceptors (Lipinski definition) is 5. The number of anilines is 1. The van der Waals surface area contributed by atoms with Crippen LogP contribution in [0.5, 0.6) is 0 Å². The van der Waals surface area contributed by atoms with Crippen LogP contribution in [0.3, 0.4) is 0 Å². The monoisotopic (exact) mass is 391 g/mol. The van der Waals surface area contributed by atoms with Crippen molar-refractivity contribution in [1.29, 1.82) is 0 Å². The molecule has 1 aromatic carbocycles. The fourth-order valence-corrected chi connectivity index (χ4v) is 2.38. The molecule has 27 heavy (non-hydrogen) atoms. The molecule has 1 amide bonds. The van der Waals surface area contributed by atoms with Gasteiger partial charge in [-0.05, 0) is 18.2 Å². The van der Waals surface area contributed by atoms with E-state index in [9.17, 15) is 18.0 Å². The molecule has 1 aromatic rings. The van der Waals surface area contributed by atoms with Gasteiger partial charge in [0.15, 0.2) is 0 Å². The number of aliphatic carboxylic acids is 2. The lowest BCUT2D eigenvalue weighted by molar-refractivity contribution is -0.159. The molecule has 0 aromatic heterocycles. The molecule has 1 heterocycles. The average Bonchev–Trinajstić information content (AvgIpc) is 2.60. The summed E-state index contributed by atoms with van der Waals surface area (Å²) in [4.78, 5) is 33.0. The molecular weight excluding hydrogens is 371 g/mol. The summed E-state index contributed by atoms with van der Waals surface area (Å²) in [5.41, 5.74) is 5.06. The lowest BCUT2D eigenvalue weighted by Gasteiger charge is -2.36. The molecular formula is C16H20F3N3O5. The molecule has 0 radical (unpaired) electrons. The van der Waals surface area contributed by atoms with Gasteiger partial charge in [0.05, 0.1) is 5.56 Å². The minimum absolute atomic E-state index is 0.309. The van der Waals surface area contributed by atoms with Gasteiger partial charge in [0.25, 0.3) is 0 Å².